The van der Waals surface area contributed by atoms with Crippen molar-refractivity contribution >= 4 is 16.0 Å². The minimum absolute atomic E-state index is 0.0250. The third kappa shape index (κ3) is 3.30. The second-order valence-corrected chi connectivity index (χ2v) is 6.02. The van der Waals surface area contributed by atoms with Crippen LogP contribution >= 0.6 is 0 Å². The second-order valence-electron chi connectivity index (χ2n) is 4.01. The summed E-state index contributed by atoms with van der Waals surface area (Å²) in [7, 11) is -1.51. The van der Waals surface area contributed by atoms with Crippen molar-refractivity contribution in [2.75, 3.05) is 27.2 Å². The Morgan fingerprint density at radius 1 is 1.40 bits per heavy atom. The van der Waals surface area contributed by atoms with Crippen LogP contribution in [0, 0.1) is 11.6 Å². The molecular weight excluding hydrogens is 294 g/mol. The van der Waals surface area contributed by atoms with Gasteiger partial charge in [0.15, 0.2) is 11.6 Å². The Morgan fingerprint density at radius 2 is 2.00 bits per heavy atom. The highest BCUT2D eigenvalue weighted by atomic mass is 32.2. The monoisotopic (exact) mass is 308 g/mol. The van der Waals surface area contributed by atoms with E-state index in [-0.39, 0.29) is 6.54 Å². The predicted octanol–water partition coefficient (Wildman–Crippen LogP) is 0.503. The average Bonchev–Trinajstić information content (AvgIpc) is 2.38. The van der Waals surface area contributed by atoms with Gasteiger partial charge in [0, 0.05) is 20.1 Å². The van der Waals surface area contributed by atoms with Crippen LogP contribution < -0.4 is 5.32 Å². The Labute approximate surface area is 115 Å². The summed E-state index contributed by atoms with van der Waals surface area (Å²) in [5.74, 6) is -4.66. The molecule has 1 rings (SSSR count). The van der Waals surface area contributed by atoms with E-state index in [1.165, 1.54) is 7.05 Å². The summed E-state index contributed by atoms with van der Waals surface area (Å²) in [5, 5.41) is 11.5. The average molecular weight is 308 g/mol. The normalized spacial score (nSPS) is 11.8. The first kappa shape index (κ1) is 16.5. The van der Waals surface area contributed by atoms with E-state index in [2.05, 4.69) is 5.32 Å². The molecule has 0 saturated carbocycles. The highest BCUT2D eigenvalue weighted by Gasteiger charge is 2.28. The number of aromatic carboxylic acids is 1. The van der Waals surface area contributed by atoms with Crippen LogP contribution in [0.5, 0.6) is 0 Å². The van der Waals surface area contributed by atoms with Crippen LogP contribution in [0.25, 0.3) is 0 Å². The van der Waals surface area contributed by atoms with E-state index >= 15 is 0 Å². The lowest BCUT2D eigenvalue weighted by Gasteiger charge is -2.17. The van der Waals surface area contributed by atoms with Gasteiger partial charge in [0.1, 0.15) is 4.90 Å². The maximum absolute atomic E-state index is 13.6. The summed E-state index contributed by atoms with van der Waals surface area (Å²) in [6, 6.07) is 1.04. The molecule has 0 radical (unpaired) electrons. The fraction of sp³-hybridized carbons (Fsp3) is 0.364. The third-order valence-corrected chi connectivity index (χ3v) is 4.46. The maximum Gasteiger partial charge on any atom is 0.335 e. The van der Waals surface area contributed by atoms with Gasteiger partial charge in [0.25, 0.3) is 0 Å². The lowest BCUT2D eigenvalue weighted by molar-refractivity contribution is 0.0696. The quantitative estimate of drug-likeness (QED) is 0.799. The van der Waals surface area contributed by atoms with E-state index in [0.717, 1.165) is 4.31 Å². The SMILES string of the molecule is CNCCN(C)S(=O)(=O)c1cc(C(=O)O)cc(F)c1F. The molecule has 1 aromatic rings. The molecule has 0 atom stereocenters. The zero-order valence-corrected chi connectivity index (χ0v) is 11.7. The second kappa shape index (κ2) is 6.25. The standard InChI is InChI=1S/C11H14F2N2O4S/c1-14-3-4-15(2)20(18,19)9-6-7(11(16)17)5-8(12)10(9)13/h5-6,14H,3-4H2,1-2H3,(H,16,17). The smallest absolute Gasteiger partial charge is 0.335 e. The molecule has 2 N–H and O–H groups in total. The molecule has 0 aliphatic carbocycles. The molecular formula is C11H14F2N2O4S. The number of carboxylic acids is 1. The summed E-state index contributed by atoms with van der Waals surface area (Å²) in [6.45, 7) is 0.329. The Balaban J connectivity index is 3.34. The van der Waals surface area contributed by atoms with Crippen LogP contribution in [0.3, 0.4) is 0 Å². The Hall–Kier alpha value is -1.58. The molecule has 0 aromatic heterocycles. The minimum atomic E-state index is -4.31. The Kier molecular flexibility index (Phi) is 5.15. The molecule has 1 aromatic carbocycles. The molecule has 0 saturated heterocycles. The van der Waals surface area contributed by atoms with Gasteiger partial charge in [0.2, 0.25) is 10.0 Å². The van der Waals surface area contributed by atoms with Crippen LogP contribution in [-0.2, 0) is 10.0 Å². The van der Waals surface area contributed by atoms with Gasteiger partial charge in [-0.1, -0.05) is 0 Å². The van der Waals surface area contributed by atoms with Gasteiger partial charge >= 0.3 is 5.97 Å². The lowest BCUT2D eigenvalue weighted by Crippen LogP contribution is -2.33. The van der Waals surface area contributed by atoms with E-state index in [4.69, 9.17) is 5.11 Å². The first-order valence-corrected chi connectivity index (χ1v) is 6.99. The molecule has 9 heteroatoms. The number of hydrogen-bond donors (Lipinski definition) is 2. The Bertz CT molecular complexity index is 619. The van der Waals surface area contributed by atoms with Crippen LogP contribution in [-0.4, -0.2) is 51.0 Å². The summed E-state index contributed by atoms with van der Waals surface area (Å²) < 4.78 is 51.9. The summed E-state index contributed by atoms with van der Waals surface area (Å²) in [5.41, 5.74) is -0.635. The van der Waals surface area contributed by atoms with Crippen molar-refractivity contribution in [3.8, 4) is 0 Å². The fourth-order valence-electron chi connectivity index (χ4n) is 1.43. The summed E-state index contributed by atoms with van der Waals surface area (Å²) >= 11 is 0. The molecule has 112 valence electrons. The van der Waals surface area contributed by atoms with Crippen LogP contribution in [0.2, 0.25) is 0 Å². The predicted molar refractivity (Wildman–Crippen MR) is 67.1 cm³/mol. The first-order valence-electron chi connectivity index (χ1n) is 5.55. The van der Waals surface area contributed by atoms with E-state index in [1.54, 1.807) is 7.05 Å². The van der Waals surface area contributed by atoms with Crippen molar-refractivity contribution in [3.05, 3.63) is 29.3 Å². The van der Waals surface area contributed by atoms with Gasteiger partial charge in [-0.25, -0.2) is 22.0 Å². The number of rotatable bonds is 6. The van der Waals surface area contributed by atoms with E-state index in [1.807, 2.05) is 0 Å². The number of halogens is 2. The number of carboxylic acid groups (broad SMARTS) is 1. The van der Waals surface area contributed by atoms with Crippen LogP contribution in [0.15, 0.2) is 17.0 Å². The number of sulfonamides is 1. The van der Waals surface area contributed by atoms with Crippen molar-refractivity contribution in [2.24, 2.45) is 0 Å². The van der Waals surface area contributed by atoms with Gasteiger partial charge in [-0.2, -0.15) is 4.31 Å². The van der Waals surface area contributed by atoms with Gasteiger partial charge in [-0.15, -0.1) is 0 Å². The van der Waals surface area contributed by atoms with Crippen molar-refractivity contribution < 1.29 is 27.1 Å². The van der Waals surface area contributed by atoms with Crippen molar-refractivity contribution in [3.63, 3.8) is 0 Å². The highest BCUT2D eigenvalue weighted by molar-refractivity contribution is 7.89. The molecule has 0 spiro atoms. The van der Waals surface area contributed by atoms with Gasteiger partial charge in [-0.05, 0) is 19.2 Å². The zero-order chi connectivity index (χ0) is 15.5. The third-order valence-electron chi connectivity index (χ3n) is 2.61. The lowest BCUT2D eigenvalue weighted by atomic mass is 10.2. The number of likely N-dealkylation sites (N-methyl/N-ethyl adjacent to an activating group) is 2. The molecule has 0 heterocycles. The van der Waals surface area contributed by atoms with Crippen molar-refractivity contribution in [1.29, 1.82) is 0 Å². The Morgan fingerprint density at radius 3 is 2.50 bits per heavy atom. The highest BCUT2D eigenvalue weighted by Crippen LogP contribution is 2.22. The summed E-state index contributed by atoms with van der Waals surface area (Å²) in [4.78, 5) is 9.79. The number of nitrogens with zero attached hydrogens (tertiary/aromatic N) is 1. The van der Waals surface area contributed by atoms with Gasteiger partial charge in [-0.3, -0.25) is 0 Å². The van der Waals surface area contributed by atoms with Gasteiger partial charge in [0.05, 0.1) is 5.56 Å². The molecule has 0 bridgehead atoms. The molecule has 20 heavy (non-hydrogen) atoms. The molecule has 0 amide bonds. The number of benzene rings is 1. The van der Waals surface area contributed by atoms with E-state index in [9.17, 15) is 22.0 Å². The van der Waals surface area contributed by atoms with Crippen LogP contribution in [0.1, 0.15) is 10.4 Å². The number of nitrogens with one attached hydrogen (secondary N) is 1. The first-order chi connectivity index (χ1) is 9.21. The van der Waals surface area contributed by atoms with E-state index in [0.29, 0.717) is 18.7 Å². The van der Waals surface area contributed by atoms with Crippen LogP contribution in [0.4, 0.5) is 8.78 Å². The molecule has 0 unspecified atom stereocenters. The van der Waals surface area contributed by atoms with E-state index < -0.39 is 38.1 Å². The molecule has 0 fully saturated rings. The molecule has 0 aliphatic heterocycles. The molecule has 0 aliphatic rings. The van der Waals surface area contributed by atoms with Crippen molar-refractivity contribution in [1.82, 2.24) is 9.62 Å². The van der Waals surface area contributed by atoms with Gasteiger partial charge < -0.3 is 10.4 Å². The maximum atomic E-state index is 13.6. The van der Waals surface area contributed by atoms with Crippen molar-refractivity contribution in [2.45, 2.75) is 4.90 Å². The topological polar surface area (TPSA) is 86.7 Å². The zero-order valence-electron chi connectivity index (χ0n) is 10.9. The summed E-state index contributed by atoms with van der Waals surface area (Å²) in [6.07, 6.45) is 0. The number of hydrogen-bond acceptors (Lipinski definition) is 4. The number of carbonyl (C=O) groups is 1. The molecule has 6 nitrogen and oxygen atoms in total. The largest absolute Gasteiger partial charge is 0.478 e. The fourth-order valence-corrected chi connectivity index (χ4v) is 2.70. The minimum Gasteiger partial charge on any atom is -0.478 e.